The van der Waals surface area contributed by atoms with Crippen LogP contribution in [0.15, 0.2) is 42.5 Å². The Morgan fingerprint density at radius 1 is 1.12 bits per heavy atom. The molecule has 0 aliphatic carbocycles. The van der Waals surface area contributed by atoms with Crippen molar-refractivity contribution in [2.75, 3.05) is 23.3 Å². The maximum Gasteiger partial charge on any atom is 0.171 e. The van der Waals surface area contributed by atoms with E-state index in [2.05, 4.69) is 39.8 Å². The maximum atomic E-state index is 6.13. The second-order valence-corrected chi connectivity index (χ2v) is 6.95. The molecule has 1 heterocycles. The summed E-state index contributed by atoms with van der Waals surface area (Å²) in [5.74, 6) is 0. The Hall–Kier alpha value is -1.78. The van der Waals surface area contributed by atoms with Gasteiger partial charge in [0.2, 0.25) is 0 Å². The van der Waals surface area contributed by atoms with E-state index in [1.54, 1.807) is 0 Å². The van der Waals surface area contributed by atoms with E-state index in [4.69, 9.17) is 23.8 Å². The van der Waals surface area contributed by atoms with E-state index >= 15 is 0 Å². The van der Waals surface area contributed by atoms with E-state index < -0.39 is 0 Å². The van der Waals surface area contributed by atoms with Crippen LogP contribution in [-0.4, -0.2) is 18.2 Å². The lowest BCUT2D eigenvalue weighted by Gasteiger charge is -2.18. The third-order valence-corrected chi connectivity index (χ3v) is 4.94. The first-order valence-corrected chi connectivity index (χ1v) is 9.05. The lowest BCUT2D eigenvalue weighted by molar-refractivity contribution is 0.921. The summed E-state index contributed by atoms with van der Waals surface area (Å²) in [5.41, 5.74) is 4.47. The molecule has 0 bridgehead atoms. The zero-order valence-electron chi connectivity index (χ0n) is 13.8. The van der Waals surface area contributed by atoms with Crippen LogP contribution in [0.4, 0.5) is 11.4 Å². The fourth-order valence-corrected chi connectivity index (χ4v) is 3.20. The Kier molecular flexibility index (Phi) is 5.59. The molecule has 0 saturated carbocycles. The van der Waals surface area contributed by atoms with E-state index in [-0.39, 0.29) is 0 Å². The quantitative estimate of drug-likeness (QED) is 0.771. The molecule has 126 valence electrons. The summed E-state index contributed by atoms with van der Waals surface area (Å²) in [6.45, 7) is 5.02. The number of hydrogen-bond acceptors (Lipinski definition) is 2. The van der Waals surface area contributed by atoms with Crippen molar-refractivity contribution in [1.29, 1.82) is 0 Å². The van der Waals surface area contributed by atoms with Crippen LogP contribution in [0.3, 0.4) is 0 Å². The van der Waals surface area contributed by atoms with E-state index in [9.17, 15) is 0 Å². The molecule has 0 radical (unpaired) electrons. The number of thiocarbonyl (C=S) groups is 1. The number of halogens is 1. The predicted octanol–water partition coefficient (Wildman–Crippen LogP) is 4.74. The highest BCUT2D eigenvalue weighted by molar-refractivity contribution is 7.80. The molecule has 2 N–H and O–H groups in total. The van der Waals surface area contributed by atoms with Crippen molar-refractivity contribution in [1.82, 2.24) is 5.32 Å². The zero-order valence-corrected chi connectivity index (χ0v) is 15.4. The molecular formula is C19H22ClN3S. The number of nitrogens with zero attached hydrogens (tertiary/aromatic N) is 1. The van der Waals surface area contributed by atoms with Crippen molar-refractivity contribution in [3.05, 3.63) is 58.6 Å². The monoisotopic (exact) mass is 359 g/mol. The molecule has 2 aromatic rings. The molecule has 1 fully saturated rings. The zero-order chi connectivity index (χ0) is 16.9. The van der Waals surface area contributed by atoms with Gasteiger partial charge >= 0.3 is 0 Å². The van der Waals surface area contributed by atoms with Gasteiger partial charge in [-0.15, -0.1) is 0 Å². The van der Waals surface area contributed by atoms with Crippen LogP contribution in [0.25, 0.3) is 0 Å². The fourth-order valence-electron chi connectivity index (χ4n) is 2.83. The average Bonchev–Trinajstić information content (AvgIpc) is 3.11. The Labute approximate surface area is 154 Å². The van der Waals surface area contributed by atoms with Crippen LogP contribution in [0.5, 0.6) is 0 Å². The SMILES string of the molecule is Cc1ccc(NC(=S)NCc2ccc(N3CCCC3)cc2)cc1Cl. The average molecular weight is 360 g/mol. The molecule has 24 heavy (non-hydrogen) atoms. The van der Waals surface area contributed by atoms with Gasteiger partial charge in [0, 0.05) is 36.0 Å². The summed E-state index contributed by atoms with van der Waals surface area (Å²) in [6.07, 6.45) is 2.60. The van der Waals surface area contributed by atoms with Gasteiger partial charge in [-0.25, -0.2) is 0 Å². The van der Waals surface area contributed by atoms with Crippen LogP contribution in [0.2, 0.25) is 5.02 Å². The summed E-state index contributed by atoms with van der Waals surface area (Å²) in [4.78, 5) is 2.44. The van der Waals surface area contributed by atoms with Gasteiger partial charge in [-0.05, 0) is 67.4 Å². The van der Waals surface area contributed by atoms with Gasteiger partial charge in [0.25, 0.3) is 0 Å². The van der Waals surface area contributed by atoms with Crippen LogP contribution in [0.1, 0.15) is 24.0 Å². The number of rotatable bonds is 4. The Morgan fingerprint density at radius 2 is 1.83 bits per heavy atom. The van der Waals surface area contributed by atoms with E-state index in [0.717, 1.165) is 16.3 Å². The first-order valence-electron chi connectivity index (χ1n) is 8.27. The molecule has 3 nitrogen and oxygen atoms in total. The Bertz CT molecular complexity index is 709. The summed E-state index contributed by atoms with van der Waals surface area (Å²) in [6, 6.07) is 14.5. The molecular weight excluding hydrogens is 338 g/mol. The van der Waals surface area contributed by atoms with Crippen LogP contribution >= 0.6 is 23.8 Å². The second-order valence-electron chi connectivity index (χ2n) is 6.13. The maximum absolute atomic E-state index is 6.13. The first-order chi connectivity index (χ1) is 11.6. The highest BCUT2D eigenvalue weighted by atomic mass is 35.5. The van der Waals surface area contributed by atoms with E-state index in [0.29, 0.717) is 11.7 Å². The van der Waals surface area contributed by atoms with Gasteiger partial charge in [-0.2, -0.15) is 0 Å². The first kappa shape index (κ1) is 17.1. The minimum atomic E-state index is 0.596. The molecule has 0 spiro atoms. The Balaban J connectivity index is 1.51. The summed E-state index contributed by atoms with van der Waals surface area (Å²) >= 11 is 11.5. The van der Waals surface area contributed by atoms with Crippen molar-refractivity contribution < 1.29 is 0 Å². The molecule has 0 unspecified atom stereocenters. The van der Waals surface area contributed by atoms with Crippen molar-refractivity contribution in [3.8, 4) is 0 Å². The molecule has 0 atom stereocenters. The van der Waals surface area contributed by atoms with Gasteiger partial charge in [0.05, 0.1) is 0 Å². The van der Waals surface area contributed by atoms with Gasteiger partial charge in [0.1, 0.15) is 0 Å². The lowest BCUT2D eigenvalue weighted by atomic mass is 10.2. The van der Waals surface area contributed by atoms with Gasteiger partial charge < -0.3 is 15.5 Å². The summed E-state index contributed by atoms with van der Waals surface area (Å²) in [5, 5.41) is 7.73. The molecule has 0 amide bonds. The third kappa shape index (κ3) is 4.40. The van der Waals surface area contributed by atoms with Crippen molar-refractivity contribution in [2.45, 2.75) is 26.3 Å². The van der Waals surface area contributed by atoms with Gasteiger partial charge in [0.15, 0.2) is 5.11 Å². The highest BCUT2D eigenvalue weighted by Crippen LogP contribution is 2.21. The molecule has 1 saturated heterocycles. The van der Waals surface area contributed by atoms with Crippen LogP contribution in [-0.2, 0) is 6.54 Å². The highest BCUT2D eigenvalue weighted by Gasteiger charge is 2.11. The normalized spacial score (nSPS) is 13.8. The molecule has 3 rings (SSSR count). The second kappa shape index (κ2) is 7.86. The summed E-state index contributed by atoms with van der Waals surface area (Å²) in [7, 11) is 0. The number of nitrogens with one attached hydrogen (secondary N) is 2. The molecule has 0 aromatic heterocycles. The predicted molar refractivity (Wildman–Crippen MR) is 107 cm³/mol. The number of benzene rings is 2. The minimum Gasteiger partial charge on any atom is -0.372 e. The van der Waals surface area contributed by atoms with E-state index in [1.807, 2.05) is 25.1 Å². The van der Waals surface area contributed by atoms with Gasteiger partial charge in [-0.3, -0.25) is 0 Å². The van der Waals surface area contributed by atoms with E-state index in [1.165, 1.54) is 37.2 Å². The minimum absolute atomic E-state index is 0.596. The molecule has 1 aliphatic rings. The molecule has 5 heteroatoms. The molecule has 2 aromatic carbocycles. The smallest absolute Gasteiger partial charge is 0.171 e. The molecule has 1 aliphatic heterocycles. The topological polar surface area (TPSA) is 27.3 Å². The number of aryl methyl sites for hydroxylation is 1. The standard InChI is InChI=1S/C19H22ClN3S/c1-14-4-7-16(12-18(14)20)22-19(24)21-13-15-5-8-17(9-6-15)23-10-2-3-11-23/h4-9,12H,2-3,10-11,13H2,1H3,(H2,21,22,24). The van der Waals surface area contributed by atoms with Crippen molar-refractivity contribution in [3.63, 3.8) is 0 Å². The fraction of sp³-hybridized carbons (Fsp3) is 0.316. The number of hydrogen-bond donors (Lipinski definition) is 2. The van der Waals surface area contributed by atoms with Crippen molar-refractivity contribution >= 4 is 40.3 Å². The van der Waals surface area contributed by atoms with Crippen LogP contribution in [0, 0.1) is 6.92 Å². The third-order valence-electron chi connectivity index (χ3n) is 4.29. The van der Waals surface area contributed by atoms with Crippen molar-refractivity contribution in [2.24, 2.45) is 0 Å². The largest absolute Gasteiger partial charge is 0.372 e. The lowest BCUT2D eigenvalue weighted by Crippen LogP contribution is -2.27. The van der Waals surface area contributed by atoms with Crippen LogP contribution < -0.4 is 15.5 Å². The summed E-state index contributed by atoms with van der Waals surface area (Å²) < 4.78 is 0. The van der Waals surface area contributed by atoms with Gasteiger partial charge in [-0.1, -0.05) is 29.8 Å². The Morgan fingerprint density at radius 3 is 2.50 bits per heavy atom. The number of anilines is 2.